The molecule has 1 saturated carbocycles. The summed E-state index contributed by atoms with van der Waals surface area (Å²) in [5.74, 6) is 0.896. The van der Waals surface area contributed by atoms with Crippen LogP contribution in [0.25, 0.3) is 11.3 Å². The van der Waals surface area contributed by atoms with Crippen molar-refractivity contribution in [2.24, 2.45) is 4.99 Å². The van der Waals surface area contributed by atoms with Crippen molar-refractivity contribution in [2.75, 3.05) is 20.1 Å². The Morgan fingerprint density at radius 2 is 1.87 bits per heavy atom. The van der Waals surface area contributed by atoms with E-state index in [1.165, 1.54) is 57.2 Å². The van der Waals surface area contributed by atoms with E-state index < -0.39 is 0 Å². The highest BCUT2D eigenvalue weighted by Gasteiger charge is 2.27. The quantitative estimate of drug-likeness (QED) is 0.349. The van der Waals surface area contributed by atoms with Crippen LogP contribution in [0.15, 0.2) is 53.7 Å². The zero-order valence-electron chi connectivity index (χ0n) is 17.9. The van der Waals surface area contributed by atoms with E-state index in [1.807, 2.05) is 31.4 Å². The molecule has 6 heteroatoms. The van der Waals surface area contributed by atoms with Crippen molar-refractivity contribution in [3.05, 3.63) is 54.2 Å². The standard InChI is InChI=1S/C24H33N5.HI/c1-25-24(28-21-12-15-29(16-13-21)22-9-2-3-10-22)27-18-19-7-6-8-20(17-19)23-11-4-5-14-26-23;/h4-8,11,14,17,21-22H,2-3,9-10,12-13,15-16,18H2,1H3,(H2,25,27,28);1H. The van der Waals surface area contributed by atoms with Crippen LogP contribution in [0.1, 0.15) is 44.1 Å². The summed E-state index contributed by atoms with van der Waals surface area (Å²) >= 11 is 0. The number of guanidine groups is 1. The number of hydrogen-bond donors (Lipinski definition) is 2. The largest absolute Gasteiger partial charge is 0.354 e. The molecule has 2 aliphatic rings. The number of benzene rings is 1. The number of likely N-dealkylation sites (tertiary alicyclic amines) is 1. The predicted molar refractivity (Wildman–Crippen MR) is 135 cm³/mol. The van der Waals surface area contributed by atoms with Crippen molar-refractivity contribution in [3.63, 3.8) is 0 Å². The Labute approximate surface area is 197 Å². The second kappa shape index (κ2) is 11.6. The van der Waals surface area contributed by atoms with Gasteiger partial charge in [0.05, 0.1) is 5.69 Å². The van der Waals surface area contributed by atoms with Crippen molar-refractivity contribution < 1.29 is 0 Å². The lowest BCUT2D eigenvalue weighted by Gasteiger charge is -2.36. The molecule has 0 amide bonds. The van der Waals surface area contributed by atoms with Crippen LogP contribution in [0.4, 0.5) is 0 Å². The van der Waals surface area contributed by atoms with Gasteiger partial charge in [-0.05, 0) is 49.4 Å². The minimum atomic E-state index is 0. The number of piperidine rings is 1. The molecule has 1 saturated heterocycles. The molecule has 1 aliphatic heterocycles. The van der Waals surface area contributed by atoms with E-state index in [1.54, 1.807) is 0 Å². The van der Waals surface area contributed by atoms with Gasteiger partial charge in [-0.2, -0.15) is 0 Å². The smallest absolute Gasteiger partial charge is 0.191 e. The average molecular weight is 519 g/mol. The Kier molecular flexibility index (Phi) is 8.93. The summed E-state index contributed by atoms with van der Waals surface area (Å²) in [6.07, 6.45) is 9.88. The van der Waals surface area contributed by atoms with Gasteiger partial charge in [0.25, 0.3) is 0 Å². The molecule has 5 nitrogen and oxygen atoms in total. The molecule has 0 radical (unpaired) electrons. The van der Waals surface area contributed by atoms with Crippen molar-refractivity contribution in [2.45, 2.75) is 57.2 Å². The number of aromatic nitrogens is 1. The summed E-state index contributed by atoms with van der Waals surface area (Å²) < 4.78 is 0. The first-order valence-corrected chi connectivity index (χ1v) is 11.0. The molecule has 1 aromatic carbocycles. The lowest BCUT2D eigenvalue weighted by atomic mass is 10.0. The summed E-state index contributed by atoms with van der Waals surface area (Å²) in [5, 5.41) is 7.12. The van der Waals surface area contributed by atoms with Gasteiger partial charge in [0.2, 0.25) is 0 Å². The van der Waals surface area contributed by atoms with Crippen molar-refractivity contribution in [1.82, 2.24) is 20.5 Å². The minimum Gasteiger partial charge on any atom is -0.354 e. The third kappa shape index (κ3) is 6.17. The molecule has 0 bridgehead atoms. The number of aliphatic imine (C=N–C) groups is 1. The minimum absolute atomic E-state index is 0. The second-order valence-corrected chi connectivity index (χ2v) is 8.23. The Balaban J connectivity index is 0.00000256. The van der Waals surface area contributed by atoms with Gasteiger partial charge in [-0.25, -0.2) is 0 Å². The van der Waals surface area contributed by atoms with E-state index in [-0.39, 0.29) is 24.0 Å². The van der Waals surface area contributed by atoms with Crippen molar-refractivity contribution in [3.8, 4) is 11.3 Å². The zero-order chi connectivity index (χ0) is 19.9. The normalized spacial score (nSPS) is 18.8. The van der Waals surface area contributed by atoms with E-state index >= 15 is 0 Å². The SMILES string of the molecule is CN=C(NCc1cccc(-c2ccccn2)c1)NC1CCN(C2CCCC2)CC1.I. The van der Waals surface area contributed by atoms with Crippen LogP contribution in [-0.4, -0.2) is 48.1 Å². The van der Waals surface area contributed by atoms with Crippen LogP contribution in [-0.2, 0) is 6.54 Å². The number of rotatable bonds is 5. The van der Waals surface area contributed by atoms with Gasteiger partial charge in [-0.1, -0.05) is 37.1 Å². The molecule has 2 fully saturated rings. The number of hydrogen-bond acceptors (Lipinski definition) is 3. The fourth-order valence-corrected chi connectivity index (χ4v) is 4.63. The highest BCUT2D eigenvalue weighted by molar-refractivity contribution is 14.0. The molecule has 0 spiro atoms. The average Bonchev–Trinajstić information content (AvgIpc) is 3.33. The van der Waals surface area contributed by atoms with E-state index in [0.29, 0.717) is 6.04 Å². The van der Waals surface area contributed by atoms with Crippen LogP contribution in [0.2, 0.25) is 0 Å². The molecule has 2 heterocycles. The first-order valence-electron chi connectivity index (χ1n) is 11.0. The molecule has 30 heavy (non-hydrogen) atoms. The van der Waals surface area contributed by atoms with Gasteiger partial charge >= 0.3 is 0 Å². The third-order valence-electron chi connectivity index (χ3n) is 6.28. The van der Waals surface area contributed by atoms with Gasteiger partial charge in [0.15, 0.2) is 5.96 Å². The van der Waals surface area contributed by atoms with Gasteiger partial charge in [0.1, 0.15) is 0 Å². The number of nitrogens with one attached hydrogen (secondary N) is 2. The summed E-state index contributed by atoms with van der Waals surface area (Å²) in [5.41, 5.74) is 3.38. The highest BCUT2D eigenvalue weighted by atomic mass is 127. The summed E-state index contributed by atoms with van der Waals surface area (Å²) in [4.78, 5) is 11.6. The van der Waals surface area contributed by atoms with Crippen LogP contribution < -0.4 is 10.6 Å². The molecule has 2 aromatic rings. The Morgan fingerprint density at radius 3 is 2.57 bits per heavy atom. The van der Waals surface area contributed by atoms with Crippen molar-refractivity contribution in [1.29, 1.82) is 0 Å². The Morgan fingerprint density at radius 1 is 1.07 bits per heavy atom. The summed E-state index contributed by atoms with van der Waals surface area (Å²) in [6, 6.07) is 15.9. The molecule has 1 aliphatic carbocycles. The molecule has 4 rings (SSSR count). The van der Waals surface area contributed by atoms with Crippen LogP contribution >= 0.6 is 24.0 Å². The zero-order valence-corrected chi connectivity index (χ0v) is 20.2. The molecule has 2 N–H and O–H groups in total. The summed E-state index contributed by atoms with van der Waals surface area (Å²) in [7, 11) is 1.85. The van der Waals surface area contributed by atoms with Crippen molar-refractivity contribution >= 4 is 29.9 Å². The Bertz CT molecular complexity index is 796. The maximum absolute atomic E-state index is 4.45. The Hall–Kier alpha value is -1.67. The van der Waals surface area contributed by atoms with E-state index in [4.69, 9.17) is 0 Å². The van der Waals surface area contributed by atoms with Crippen LogP contribution in [0, 0.1) is 0 Å². The van der Waals surface area contributed by atoms with E-state index in [2.05, 4.69) is 49.8 Å². The molecule has 1 aromatic heterocycles. The number of pyridine rings is 1. The first kappa shape index (κ1) is 23.0. The fourth-order valence-electron chi connectivity index (χ4n) is 4.63. The molecular formula is C24H34IN5. The maximum atomic E-state index is 4.45. The molecule has 0 unspecified atom stereocenters. The number of nitrogens with zero attached hydrogens (tertiary/aromatic N) is 3. The second-order valence-electron chi connectivity index (χ2n) is 8.23. The molecule has 162 valence electrons. The maximum Gasteiger partial charge on any atom is 0.191 e. The summed E-state index contributed by atoms with van der Waals surface area (Å²) in [6.45, 7) is 3.18. The third-order valence-corrected chi connectivity index (χ3v) is 6.28. The van der Waals surface area contributed by atoms with Gasteiger partial charge in [-0.15, -0.1) is 24.0 Å². The fraction of sp³-hybridized carbons (Fsp3) is 0.500. The van der Waals surface area contributed by atoms with E-state index in [9.17, 15) is 0 Å². The van der Waals surface area contributed by atoms with E-state index in [0.717, 1.165) is 29.8 Å². The lowest BCUT2D eigenvalue weighted by molar-refractivity contribution is 0.150. The number of halogens is 1. The van der Waals surface area contributed by atoms with Gasteiger partial charge in [0, 0.05) is 50.5 Å². The lowest BCUT2D eigenvalue weighted by Crippen LogP contribution is -2.50. The van der Waals surface area contributed by atoms with Gasteiger partial charge in [-0.3, -0.25) is 9.98 Å². The topological polar surface area (TPSA) is 52.6 Å². The van der Waals surface area contributed by atoms with Crippen LogP contribution in [0.5, 0.6) is 0 Å². The van der Waals surface area contributed by atoms with Gasteiger partial charge < -0.3 is 15.5 Å². The highest BCUT2D eigenvalue weighted by Crippen LogP contribution is 2.26. The molecular weight excluding hydrogens is 485 g/mol. The monoisotopic (exact) mass is 519 g/mol. The predicted octanol–water partition coefficient (Wildman–Crippen LogP) is 4.44. The first-order chi connectivity index (χ1) is 14.3. The van der Waals surface area contributed by atoms with Crippen LogP contribution in [0.3, 0.4) is 0 Å². The molecule has 0 atom stereocenters.